The van der Waals surface area contributed by atoms with E-state index in [4.69, 9.17) is 4.74 Å². The van der Waals surface area contributed by atoms with E-state index in [1.807, 2.05) is 40.2 Å². The molecule has 1 aliphatic rings. The van der Waals surface area contributed by atoms with E-state index in [-0.39, 0.29) is 0 Å². The molecular weight excluding hydrogens is 264 g/mol. The van der Waals surface area contributed by atoms with Crippen LogP contribution in [0, 0.1) is 0 Å². The first kappa shape index (κ1) is 17.7. The first-order chi connectivity index (χ1) is 8.85. The predicted molar refractivity (Wildman–Crippen MR) is 81.7 cm³/mol. The van der Waals surface area contributed by atoms with Gasteiger partial charge in [-0.1, -0.05) is 39.5 Å². The molecule has 3 nitrogen and oxygen atoms in total. The highest BCUT2D eigenvalue weighted by Gasteiger charge is 2.17. The van der Waals surface area contributed by atoms with Crippen molar-refractivity contribution in [1.29, 1.82) is 0 Å². The van der Waals surface area contributed by atoms with Crippen molar-refractivity contribution in [3.05, 3.63) is 11.3 Å². The molecule has 0 saturated heterocycles. The van der Waals surface area contributed by atoms with E-state index in [2.05, 4.69) is 9.97 Å². The van der Waals surface area contributed by atoms with Crippen LogP contribution in [0.1, 0.15) is 39.0 Å². The molecule has 0 fully saturated rings. The third-order valence-electron chi connectivity index (χ3n) is 2.14. The minimum Gasteiger partial charge on any atom is -0.376 e. The molecule has 5 heteroatoms. The Bertz CT molecular complexity index is 329. The van der Waals surface area contributed by atoms with Crippen LogP contribution in [0.15, 0.2) is 10.2 Å². The fourth-order valence-electron chi connectivity index (χ4n) is 1.44. The van der Waals surface area contributed by atoms with Gasteiger partial charge in [-0.25, -0.2) is 9.97 Å². The van der Waals surface area contributed by atoms with Crippen molar-refractivity contribution in [2.45, 2.75) is 50.9 Å². The van der Waals surface area contributed by atoms with Crippen molar-refractivity contribution in [2.75, 3.05) is 19.1 Å². The molecule has 2 heterocycles. The molecule has 0 saturated carbocycles. The molecule has 0 atom stereocenters. The Labute approximate surface area is 120 Å². The quantitative estimate of drug-likeness (QED) is 0.466. The third kappa shape index (κ3) is 4.78. The van der Waals surface area contributed by atoms with E-state index in [0.29, 0.717) is 6.61 Å². The van der Waals surface area contributed by atoms with Gasteiger partial charge in [0.25, 0.3) is 0 Å². The topological polar surface area (TPSA) is 35.0 Å². The molecule has 0 amide bonds. The fraction of sp³-hybridized carbons (Fsp3) is 0.692. The number of nitrogens with zero attached hydrogens (tertiary/aromatic N) is 2. The van der Waals surface area contributed by atoms with E-state index in [1.54, 1.807) is 23.5 Å². The van der Waals surface area contributed by atoms with Crippen LogP contribution in [0.4, 0.5) is 0 Å². The predicted octanol–water partition coefficient (Wildman–Crippen LogP) is 4.05. The number of thioether (sulfide) groups is 2. The molecule has 104 valence electrons. The van der Waals surface area contributed by atoms with Gasteiger partial charge < -0.3 is 4.74 Å². The molecular formula is C13H24N2OS2. The van der Waals surface area contributed by atoms with Crippen LogP contribution >= 0.6 is 23.5 Å². The van der Waals surface area contributed by atoms with E-state index in [9.17, 15) is 0 Å². The second kappa shape index (κ2) is 10.6. The maximum absolute atomic E-state index is 5.41. The summed E-state index contributed by atoms with van der Waals surface area (Å²) in [7, 11) is 0. The molecule has 1 aromatic rings. The van der Waals surface area contributed by atoms with Crippen LogP contribution in [-0.4, -0.2) is 29.1 Å². The Hall–Kier alpha value is -0.260. The zero-order valence-electron chi connectivity index (χ0n) is 12.2. The maximum atomic E-state index is 5.41. The molecule has 18 heavy (non-hydrogen) atoms. The standard InChI is InChI=1S/C9H12N2OS2.2C2H6/c1-13-8-6-5-12-4-3-7(6)10-9(11-8)14-2;2*1-2/h3-5H2,1-2H3;2*1-2H3. The molecule has 0 unspecified atom stereocenters. The molecule has 0 bridgehead atoms. The average molecular weight is 288 g/mol. The first-order valence-corrected chi connectivity index (χ1v) is 8.85. The van der Waals surface area contributed by atoms with Gasteiger partial charge in [0.15, 0.2) is 5.16 Å². The summed E-state index contributed by atoms with van der Waals surface area (Å²) in [6.45, 7) is 9.45. The van der Waals surface area contributed by atoms with Gasteiger partial charge in [0.05, 0.1) is 18.9 Å². The Morgan fingerprint density at radius 2 is 1.67 bits per heavy atom. The minimum absolute atomic E-state index is 0.667. The number of ether oxygens (including phenoxy) is 1. The lowest BCUT2D eigenvalue weighted by molar-refractivity contribution is 0.106. The van der Waals surface area contributed by atoms with Gasteiger partial charge in [-0.05, 0) is 12.5 Å². The van der Waals surface area contributed by atoms with Gasteiger partial charge in [0.2, 0.25) is 0 Å². The first-order valence-electron chi connectivity index (χ1n) is 6.40. The van der Waals surface area contributed by atoms with Crippen molar-refractivity contribution < 1.29 is 4.74 Å². The fourth-order valence-corrected chi connectivity index (χ4v) is 2.48. The molecule has 0 N–H and O–H groups in total. The minimum atomic E-state index is 0.667. The van der Waals surface area contributed by atoms with Crippen LogP contribution in [0.5, 0.6) is 0 Å². The molecule has 2 rings (SSSR count). The van der Waals surface area contributed by atoms with E-state index < -0.39 is 0 Å². The van der Waals surface area contributed by atoms with Crippen LogP contribution in [-0.2, 0) is 17.8 Å². The van der Waals surface area contributed by atoms with Gasteiger partial charge >= 0.3 is 0 Å². The van der Waals surface area contributed by atoms with Crippen molar-refractivity contribution in [1.82, 2.24) is 9.97 Å². The Morgan fingerprint density at radius 1 is 1.00 bits per heavy atom. The molecule has 0 spiro atoms. The molecule has 1 aromatic heterocycles. The summed E-state index contributed by atoms with van der Waals surface area (Å²) in [6, 6.07) is 0. The Morgan fingerprint density at radius 3 is 2.22 bits per heavy atom. The van der Waals surface area contributed by atoms with E-state index >= 15 is 0 Å². The number of hydrogen-bond donors (Lipinski definition) is 0. The van der Waals surface area contributed by atoms with Crippen LogP contribution in [0.3, 0.4) is 0 Å². The highest BCUT2D eigenvalue weighted by atomic mass is 32.2. The van der Waals surface area contributed by atoms with Gasteiger partial charge in [0, 0.05) is 12.0 Å². The highest BCUT2D eigenvalue weighted by Crippen LogP contribution is 2.26. The second-order valence-electron chi connectivity index (χ2n) is 2.95. The van der Waals surface area contributed by atoms with Gasteiger partial charge in [0.1, 0.15) is 5.03 Å². The lowest BCUT2D eigenvalue weighted by atomic mass is 10.1. The summed E-state index contributed by atoms with van der Waals surface area (Å²) < 4.78 is 5.41. The lowest BCUT2D eigenvalue weighted by Crippen LogP contribution is -2.14. The van der Waals surface area contributed by atoms with Gasteiger partial charge in [-0.2, -0.15) is 0 Å². The summed E-state index contributed by atoms with van der Waals surface area (Å²) in [5.41, 5.74) is 2.35. The van der Waals surface area contributed by atoms with Crippen LogP contribution < -0.4 is 0 Å². The monoisotopic (exact) mass is 288 g/mol. The smallest absolute Gasteiger partial charge is 0.188 e. The van der Waals surface area contributed by atoms with Crippen molar-refractivity contribution in [3.8, 4) is 0 Å². The summed E-state index contributed by atoms with van der Waals surface area (Å²) in [5.74, 6) is 0. The molecule has 0 radical (unpaired) electrons. The maximum Gasteiger partial charge on any atom is 0.188 e. The zero-order chi connectivity index (χ0) is 14.0. The average Bonchev–Trinajstić information content (AvgIpc) is 2.50. The van der Waals surface area contributed by atoms with Crippen LogP contribution in [0.2, 0.25) is 0 Å². The summed E-state index contributed by atoms with van der Waals surface area (Å²) in [6.07, 6.45) is 4.96. The third-order valence-corrected chi connectivity index (χ3v) is 3.41. The SMILES string of the molecule is CC.CC.CSc1nc2c(c(SC)n1)COCC2. The molecule has 1 aliphatic heterocycles. The van der Waals surface area contributed by atoms with Gasteiger partial charge in [-0.3, -0.25) is 0 Å². The molecule has 0 aromatic carbocycles. The number of hydrogen-bond acceptors (Lipinski definition) is 5. The summed E-state index contributed by atoms with van der Waals surface area (Å²) in [5, 5.41) is 1.94. The van der Waals surface area contributed by atoms with Gasteiger partial charge in [-0.15, -0.1) is 11.8 Å². The molecule has 0 aliphatic carbocycles. The number of aromatic nitrogens is 2. The number of rotatable bonds is 2. The van der Waals surface area contributed by atoms with Crippen molar-refractivity contribution >= 4 is 23.5 Å². The Kier molecular flexibility index (Phi) is 10.5. The summed E-state index contributed by atoms with van der Waals surface area (Å²) >= 11 is 3.26. The van der Waals surface area contributed by atoms with Crippen molar-refractivity contribution in [2.24, 2.45) is 0 Å². The zero-order valence-corrected chi connectivity index (χ0v) is 13.9. The largest absolute Gasteiger partial charge is 0.376 e. The second-order valence-corrected chi connectivity index (χ2v) is 4.52. The normalized spacial score (nSPS) is 12.6. The number of fused-ring (bicyclic) bond motifs is 1. The van der Waals surface area contributed by atoms with E-state index in [1.165, 1.54) is 11.3 Å². The van der Waals surface area contributed by atoms with Crippen molar-refractivity contribution in [3.63, 3.8) is 0 Å². The van der Waals surface area contributed by atoms with Crippen LogP contribution in [0.25, 0.3) is 0 Å². The summed E-state index contributed by atoms with van der Waals surface area (Å²) in [4.78, 5) is 8.96. The highest BCUT2D eigenvalue weighted by molar-refractivity contribution is 7.99. The Balaban J connectivity index is 0.000000659. The lowest BCUT2D eigenvalue weighted by Gasteiger charge is -2.17. The van der Waals surface area contributed by atoms with E-state index in [0.717, 1.165) is 23.2 Å².